The molecule has 0 saturated heterocycles. The number of carbonyl (C=O) groups is 1. The number of aliphatic hydroxyl groups is 1. The summed E-state index contributed by atoms with van der Waals surface area (Å²) in [4.78, 5) is 18.0. The zero-order chi connectivity index (χ0) is 25.9. The predicted molar refractivity (Wildman–Crippen MR) is 138 cm³/mol. The maximum absolute atomic E-state index is 12.8. The van der Waals surface area contributed by atoms with Crippen molar-refractivity contribution >= 4 is 38.6 Å². The van der Waals surface area contributed by atoms with Gasteiger partial charge in [-0.25, -0.2) is 17.9 Å². The fourth-order valence-corrected chi connectivity index (χ4v) is 5.09. The van der Waals surface area contributed by atoms with Gasteiger partial charge in [-0.15, -0.1) is 0 Å². The first kappa shape index (κ1) is 26.3. The molecule has 194 valence electrons. The Balaban J connectivity index is 1.52. The fraction of sp³-hybridized carbons (Fsp3) is 0.400. The maximum Gasteiger partial charge on any atom is 0.410 e. The van der Waals surface area contributed by atoms with Crippen LogP contribution in [0.15, 0.2) is 42.5 Å². The molecular formula is C25H30ClN3O6S. The van der Waals surface area contributed by atoms with Gasteiger partial charge in [0.05, 0.1) is 25.6 Å². The minimum Gasteiger partial charge on any atom is -0.493 e. The van der Waals surface area contributed by atoms with Crippen molar-refractivity contribution in [2.24, 2.45) is 0 Å². The van der Waals surface area contributed by atoms with E-state index >= 15 is 0 Å². The van der Waals surface area contributed by atoms with Gasteiger partial charge in [0, 0.05) is 41.1 Å². The topological polar surface area (TPSA) is 121 Å². The first-order valence-electron chi connectivity index (χ1n) is 11.7. The Hall–Kier alpha value is -2.79. The van der Waals surface area contributed by atoms with Gasteiger partial charge in [-0.1, -0.05) is 23.7 Å². The molecule has 1 amide bonds. The number of carbonyl (C=O) groups excluding carboxylic acids is 1. The zero-order valence-electron chi connectivity index (χ0n) is 20.2. The molecule has 3 N–H and O–H groups in total. The summed E-state index contributed by atoms with van der Waals surface area (Å²) in [5.74, 6) is 0.601. The van der Waals surface area contributed by atoms with E-state index in [1.54, 1.807) is 11.8 Å². The van der Waals surface area contributed by atoms with E-state index in [0.29, 0.717) is 23.7 Å². The quantitative estimate of drug-likeness (QED) is 0.385. The number of rotatable bonds is 9. The van der Waals surface area contributed by atoms with Crippen molar-refractivity contribution in [1.29, 1.82) is 0 Å². The van der Waals surface area contributed by atoms with E-state index in [2.05, 4.69) is 9.71 Å². The lowest BCUT2D eigenvalue weighted by Crippen LogP contribution is -2.40. The standard InChI is InChI=1S/C25H30ClN3O6S/c1-3-34-25(31)29-12-10-20-21-14-17(26)6-9-22(21)28-23(20)24(29)16-4-7-19(8-5-16)35-13-11-18(30)15-27-36(2,32)33/h4-9,14,18,24,27-28,30H,3,10-13,15H2,1-2H3/t18?,24-/m0/s1. The molecule has 2 aromatic carbocycles. The molecule has 11 heteroatoms. The molecule has 2 atom stereocenters. The van der Waals surface area contributed by atoms with Crippen LogP contribution in [-0.2, 0) is 21.2 Å². The van der Waals surface area contributed by atoms with Crippen LogP contribution < -0.4 is 9.46 Å². The Morgan fingerprint density at radius 1 is 1.28 bits per heavy atom. The molecule has 1 aliphatic rings. The van der Waals surface area contributed by atoms with Crippen molar-refractivity contribution < 1.29 is 27.8 Å². The number of halogens is 1. The van der Waals surface area contributed by atoms with E-state index in [4.69, 9.17) is 21.1 Å². The molecule has 3 aromatic rings. The van der Waals surface area contributed by atoms with Crippen LogP contribution in [0.25, 0.3) is 10.9 Å². The smallest absolute Gasteiger partial charge is 0.410 e. The lowest BCUT2D eigenvalue weighted by Gasteiger charge is -2.35. The minimum atomic E-state index is -3.36. The minimum absolute atomic E-state index is 0.0649. The lowest BCUT2D eigenvalue weighted by molar-refractivity contribution is 0.0932. The Kier molecular flexibility index (Phi) is 8.09. The number of sulfonamides is 1. The van der Waals surface area contributed by atoms with Crippen LogP contribution >= 0.6 is 11.6 Å². The highest BCUT2D eigenvalue weighted by Crippen LogP contribution is 2.39. The van der Waals surface area contributed by atoms with Crippen molar-refractivity contribution in [1.82, 2.24) is 14.6 Å². The molecule has 0 aliphatic carbocycles. The number of aromatic nitrogens is 1. The maximum atomic E-state index is 12.8. The molecule has 36 heavy (non-hydrogen) atoms. The molecule has 0 radical (unpaired) electrons. The number of benzene rings is 2. The largest absolute Gasteiger partial charge is 0.493 e. The van der Waals surface area contributed by atoms with E-state index in [0.717, 1.165) is 34.0 Å². The predicted octanol–water partition coefficient (Wildman–Crippen LogP) is 3.60. The van der Waals surface area contributed by atoms with Crippen molar-refractivity contribution in [2.75, 3.05) is 32.6 Å². The summed E-state index contributed by atoms with van der Waals surface area (Å²) >= 11 is 6.25. The van der Waals surface area contributed by atoms with Crippen molar-refractivity contribution in [2.45, 2.75) is 31.9 Å². The first-order chi connectivity index (χ1) is 17.2. The van der Waals surface area contributed by atoms with E-state index in [9.17, 15) is 18.3 Å². The normalized spacial score (nSPS) is 16.6. The average molecular weight is 536 g/mol. The number of amides is 1. The number of fused-ring (bicyclic) bond motifs is 3. The Morgan fingerprint density at radius 3 is 2.72 bits per heavy atom. The first-order valence-corrected chi connectivity index (χ1v) is 14.0. The highest BCUT2D eigenvalue weighted by atomic mass is 35.5. The van der Waals surface area contributed by atoms with Crippen LogP contribution in [0, 0.1) is 0 Å². The fourth-order valence-electron chi connectivity index (χ4n) is 4.42. The van der Waals surface area contributed by atoms with Gasteiger partial charge in [0.25, 0.3) is 0 Å². The van der Waals surface area contributed by atoms with Gasteiger partial charge in [0.15, 0.2) is 0 Å². The van der Waals surface area contributed by atoms with E-state index < -0.39 is 16.1 Å². The van der Waals surface area contributed by atoms with Crippen LogP contribution in [0.4, 0.5) is 4.79 Å². The molecular weight excluding hydrogens is 506 g/mol. The molecule has 2 heterocycles. The van der Waals surface area contributed by atoms with Gasteiger partial charge in [0.2, 0.25) is 10.0 Å². The Labute approximate surface area is 215 Å². The molecule has 0 spiro atoms. The second kappa shape index (κ2) is 11.1. The lowest BCUT2D eigenvalue weighted by atomic mass is 9.92. The Morgan fingerprint density at radius 2 is 2.03 bits per heavy atom. The summed E-state index contributed by atoms with van der Waals surface area (Å²) in [5, 5.41) is 11.6. The van der Waals surface area contributed by atoms with Crippen LogP contribution in [-0.4, -0.2) is 68.2 Å². The summed E-state index contributed by atoms with van der Waals surface area (Å²) in [6, 6.07) is 12.8. The zero-order valence-corrected chi connectivity index (χ0v) is 21.7. The molecule has 1 aliphatic heterocycles. The monoisotopic (exact) mass is 535 g/mol. The third-order valence-corrected chi connectivity index (χ3v) is 7.01. The van der Waals surface area contributed by atoms with Crippen molar-refractivity contribution in [3.63, 3.8) is 0 Å². The number of aliphatic hydroxyl groups excluding tert-OH is 1. The number of aromatic amines is 1. The molecule has 1 unspecified atom stereocenters. The van der Waals surface area contributed by atoms with Gasteiger partial charge in [-0.05, 0) is 54.8 Å². The van der Waals surface area contributed by atoms with E-state index in [-0.39, 0.29) is 38.3 Å². The molecule has 1 aromatic heterocycles. The van der Waals surface area contributed by atoms with Crippen LogP contribution in [0.3, 0.4) is 0 Å². The third-order valence-electron chi connectivity index (χ3n) is 6.09. The van der Waals surface area contributed by atoms with Crippen LogP contribution in [0.2, 0.25) is 5.02 Å². The second-order valence-corrected chi connectivity index (χ2v) is 11.0. The number of ether oxygens (including phenoxy) is 2. The number of H-pyrrole nitrogens is 1. The Bertz CT molecular complexity index is 1330. The third kappa shape index (κ3) is 6.12. The molecule has 0 fully saturated rings. The van der Waals surface area contributed by atoms with Gasteiger partial charge in [0.1, 0.15) is 11.8 Å². The average Bonchev–Trinajstić information content (AvgIpc) is 3.20. The van der Waals surface area contributed by atoms with Crippen LogP contribution in [0.1, 0.15) is 36.2 Å². The van der Waals surface area contributed by atoms with Crippen molar-refractivity contribution in [3.8, 4) is 5.75 Å². The van der Waals surface area contributed by atoms with Gasteiger partial charge in [-0.3, -0.25) is 4.90 Å². The van der Waals surface area contributed by atoms with E-state index in [1.807, 2.05) is 42.5 Å². The highest BCUT2D eigenvalue weighted by Gasteiger charge is 2.35. The summed E-state index contributed by atoms with van der Waals surface area (Å²) in [7, 11) is -3.36. The number of hydrogen-bond donors (Lipinski definition) is 3. The second-order valence-electron chi connectivity index (χ2n) is 8.73. The molecule has 0 bridgehead atoms. The van der Waals surface area contributed by atoms with Crippen LogP contribution in [0.5, 0.6) is 5.75 Å². The van der Waals surface area contributed by atoms with Gasteiger partial charge >= 0.3 is 6.09 Å². The van der Waals surface area contributed by atoms with Crippen molar-refractivity contribution in [3.05, 3.63) is 64.3 Å². The number of nitrogens with zero attached hydrogens (tertiary/aromatic N) is 1. The summed E-state index contributed by atoms with van der Waals surface area (Å²) in [6.45, 7) is 2.73. The van der Waals surface area contributed by atoms with Gasteiger partial charge < -0.3 is 19.6 Å². The summed E-state index contributed by atoms with van der Waals surface area (Å²) in [5.41, 5.74) is 3.92. The molecule has 0 saturated carbocycles. The number of nitrogens with one attached hydrogen (secondary N) is 2. The molecule has 9 nitrogen and oxygen atoms in total. The summed E-state index contributed by atoms with van der Waals surface area (Å²) in [6.07, 6.45) is 0.768. The summed E-state index contributed by atoms with van der Waals surface area (Å²) < 4.78 is 35.6. The van der Waals surface area contributed by atoms with Gasteiger partial charge in [-0.2, -0.15) is 0 Å². The highest BCUT2D eigenvalue weighted by molar-refractivity contribution is 7.88. The SMILES string of the molecule is CCOC(=O)N1CCc2c([nH]c3ccc(Cl)cc23)[C@@H]1c1ccc(OCCC(O)CNS(C)(=O)=O)cc1. The molecule has 4 rings (SSSR count). The van der Waals surface area contributed by atoms with E-state index in [1.165, 1.54) is 0 Å². The number of hydrogen-bond acceptors (Lipinski definition) is 6.